The van der Waals surface area contributed by atoms with Crippen molar-refractivity contribution in [2.75, 3.05) is 0 Å². The minimum absolute atomic E-state index is 0. The van der Waals surface area contributed by atoms with E-state index in [1.807, 2.05) is 0 Å². The Morgan fingerprint density at radius 1 is 1.00 bits per heavy atom. The molecule has 108 valence electrons. The largest absolute Gasteiger partial charge is 0.490 e. The molecule has 0 heterocycles. The summed E-state index contributed by atoms with van der Waals surface area (Å²) in [6.07, 6.45) is -0.682. The fourth-order valence-corrected chi connectivity index (χ4v) is 2.12. The van der Waals surface area contributed by atoms with Crippen LogP contribution in [0.25, 0.3) is 0 Å². The van der Waals surface area contributed by atoms with Gasteiger partial charge in [0.15, 0.2) is 0 Å². The molecule has 1 aromatic rings. The Labute approximate surface area is 116 Å². The Bertz CT molecular complexity index is 386. The molecule has 1 aromatic carbocycles. The molecule has 6 heteroatoms. The minimum Gasteiger partial charge on any atom is -0.490 e. The fraction of sp³-hybridized carbons (Fsp3) is 0.538. The van der Waals surface area contributed by atoms with E-state index in [0.717, 1.165) is 37.8 Å². The van der Waals surface area contributed by atoms with Gasteiger partial charge in [0.1, 0.15) is 5.75 Å². The van der Waals surface area contributed by atoms with Gasteiger partial charge in [-0.15, -0.1) is 12.4 Å². The lowest BCUT2D eigenvalue weighted by Gasteiger charge is -2.26. The lowest BCUT2D eigenvalue weighted by Crippen LogP contribution is -2.31. The topological polar surface area (TPSA) is 35.2 Å². The smallest absolute Gasteiger partial charge is 0.416 e. The second-order valence-corrected chi connectivity index (χ2v) is 4.68. The SMILES string of the molecule is Cl.NC1CCC(Oc2ccc(C(F)(F)F)cc2)CC1. The van der Waals surface area contributed by atoms with Gasteiger partial charge in [-0.2, -0.15) is 13.2 Å². The second kappa shape index (κ2) is 6.48. The van der Waals surface area contributed by atoms with Crippen LogP contribution in [-0.2, 0) is 6.18 Å². The third-order valence-electron chi connectivity index (χ3n) is 3.20. The zero-order valence-electron chi connectivity index (χ0n) is 10.3. The Balaban J connectivity index is 0.00000180. The summed E-state index contributed by atoms with van der Waals surface area (Å²) in [7, 11) is 0. The quantitative estimate of drug-likeness (QED) is 0.901. The molecular weight excluding hydrogens is 279 g/mol. The van der Waals surface area contributed by atoms with Gasteiger partial charge in [0.2, 0.25) is 0 Å². The molecule has 19 heavy (non-hydrogen) atoms. The molecule has 0 bridgehead atoms. The predicted molar refractivity (Wildman–Crippen MR) is 69.6 cm³/mol. The van der Waals surface area contributed by atoms with Crippen molar-refractivity contribution in [1.29, 1.82) is 0 Å². The normalized spacial score (nSPS) is 23.6. The average molecular weight is 296 g/mol. The van der Waals surface area contributed by atoms with Crippen LogP contribution in [0.4, 0.5) is 13.2 Å². The van der Waals surface area contributed by atoms with Gasteiger partial charge >= 0.3 is 6.18 Å². The molecule has 0 aromatic heterocycles. The molecule has 2 nitrogen and oxygen atoms in total. The van der Waals surface area contributed by atoms with E-state index in [1.165, 1.54) is 12.1 Å². The van der Waals surface area contributed by atoms with Crippen molar-refractivity contribution in [3.63, 3.8) is 0 Å². The van der Waals surface area contributed by atoms with Crippen molar-refractivity contribution in [2.45, 2.75) is 44.0 Å². The number of benzene rings is 1. The number of hydrogen-bond acceptors (Lipinski definition) is 2. The molecule has 0 aliphatic heterocycles. The third kappa shape index (κ3) is 4.58. The monoisotopic (exact) mass is 295 g/mol. The summed E-state index contributed by atoms with van der Waals surface area (Å²) in [6, 6.07) is 5.07. The molecule has 2 N–H and O–H groups in total. The fourth-order valence-electron chi connectivity index (χ4n) is 2.12. The molecule has 1 fully saturated rings. The van der Waals surface area contributed by atoms with Crippen LogP contribution in [-0.4, -0.2) is 12.1 Å². The van der Waals surface area contributed by atoms with Gasteiger partial charge in [-0.25, -0.2) is 0 Å². The summed E-state index contributed by atoms with van der Waals surface area (Å²) in [4.78, 5) is 0. The number of rotatable bonds is 2. The Hall–Kier alpha value is -0.940. The van der Waals surface area contributed by atoms with E-state index in [4.69, 9.17) is 10.5 Å². The van der Waals surface area contributed by atoms with E-state index < -0.39 is 11.7 Å². The van der Waals surface area contributed by atoms with Crippen LogP contribution in [0.3, 0.4) is 0 Å². The summed E-state index contributed by atoms with van der Waals surface area (Å²) in [6.45, 7) is 0. The van der Waals surface area contributed by atoms with Gasteiger partial charge in [0.05, 0.1) is 11.7 Å². The van der Waals surface area contributed by atoms with Gasteiger partial charge in [0.25, 0.3) is 0 Å². The lowest BCUT2D eigenvalue weighted by atomic mass is 9.94. The molecule has 0 saturated heterocycles. The van der Waals surface area contributed by atoms with E-state index in [-0.39, 0.29) is 24.6 Å². The van der Waals surface area contributed by atoms with Crippen LogP contribution in [0.1, 0.15) is 31.2 Å². The van der Waals surface area contributed by atoms with E-state index in [9.17, 15) is 13.2 Å². The Morgan fingerprint density at radius 3 is 2.00 bits per heavy atom. The highest BCUT2D eigenvalue weighted by atomic mass is 35.5. The highest BCUT2D eigenvalue weighted by Gasteiger charge is 2.30. The zero-order valence-corrected chi connectivity index (χ0v) is 11.1. The number of hydrogen-bond donors (Lipinski definition) is 1. The van der Waals surface area contributed by atoms with Crippen LogP contribution in [0.2, 0.25) is 0 Å². The summed E-state index contributed by atoms with van der Waals surface area (Å²) in [5, 5.41) is 0. The first kappa shape index (κ1) is 16.1. The van der Waals surface area contributed by atoms with E-state index >= 15 is 0 Å². The zero-order chi connectivity index (χ0) is 13.2. The van der Waals surface area contributed by atoms with Crippen molar-refractivity contribution in [3.05, 3.63) is 29.8 Å². The average Bonchev–Trinajstić information content (AvgIpc) is 2.32. The lowest BCUT2D eigenvalue weighted by molar-refractivity contribution is -0.137. The van der Waals surface area contributed by atoms with Crippen LogP contribution in [0, 0.1) is 0 Å². The van der Waals surface area contributed by atoms with Crippen LogP contribution < -0.4 is 10.5 Å². The van der Waals surface area contributed by atoms with Gasteiger partial charge < -0.3 is 10.5 Å². The molecule has 0 atom stereocenters. The molecule has 0 spiro atoms. The number of nitrogens with two attached hydrogens (primary N) is 1. The Kier molecular flexibility index (Phi) is 5.50. The van der Waals surface area contributed by atoms with Gasteiger partial charge in [-0.3, -0.25) is 0 Å². The third-order valence-corrected chi connectivity index (χ3v) is 3.20. The summed E-state index contributed by atoms with van der Waals surface area (Å²) >= 11 is 0. The van der Waals surface area contributed by atoms with Crippen molar-refractivity contribution in [2.24, 2.45) is 5.73 Å². The highest BCUT2D eigenvalue weighted by Crippen LogP contribution is 2.31. The first-order valence-corrected chi connectivity index (χ1v) is 6.04. The van der Waals surface area contributed by atoms with E-state index in [0.29, 0.717) is 5.75 Å². The van der Waals surface area contributed by atoms with Crippen molar-refractivity contribution in [1.82, 2.24) is 0 Å². The van der Waals surface area contributed by atoms with E-state index in [2.05, 4.69) is 0 Å². The van der Waals surface area contributed by atoms with Crippen molar-refractivity contribution >= 4 is 12.4 Å². The molecule has 1 saturated carbocycles. The maximum Gasteiger partial charge on any atom is 0.416 e. The first-order chi connectivity index (χ1) is 8.45. The summed E-state index contributed by atoms with van der Waals surface area (Å²) < 4.78 is 42.7. The molecule has 0 unspecified atom stereocenters. The first-order valence-electron chi connectivity index (χ1n) is 6.04. The Morgan fingerprint density at radius 2 is 1.53 bits per heavy atom. The van der Waals surface area contributed by atoms with Gasteiger partial charge in [-0.1, -0.05) is 0 Å². The standard InChI is InChI=1S/C13H16F3NO.ClH/c14-13(15,16)9-1-5-11(6-2-9)18-12-7-3-10(17)4-8-12;/h1-2,5-6,10,12H,3-4,7-8,17H2;1H. The molecule has 0 radical (unpaired) electrons. The number of alkyl halides is 3. The maximum absolute atomic E-state index is 12.4. The molecule has 0 amide bonds. The van der Waals surface area contributed by atoms with Crippen LogP contribution in [0.5, 0.6) is 5.75 Å². The van der Waals surface area contributed by atoms with Crippen LogP contribution >= 0.6 is 12.4 Å². The van der Waals surface area contributed by atoms with Crippen molar-refractivity contribution < 1.29 is 17.9 Å². The molecular formula is C13H17ClF3NO. The van der Waals surface area contributed by atoms with Gasteiger partial charge in [0, 0.05) is 6.04 Å². The molecule has 2 rings (SSSR count). The van der Waals surface area contributed by atoms with E-state index in [1.54, 1.807) is 0 Å². The minimum atomic E-state index is -4.30. The summed E-state index contributed by atoms with van der Waals surface area (Å²) in [5.41, 5.74) is 5.13. The highest BCUT2D eigenvalue weighted by molar-refractivity contribution is 5.85. The summed E-state index contributed by atoms with van der Waals surface area (Å²) in [5.74, 6) is 0.489. The molecule has 1 aliphatic carbocycles. The second-order valence-electron chi connectivity index (χ2n) is 4.68. The number of ether oxygens (including phenoxy) is 1. The van der Waals surface area contributed by atoms with Crippen LogP contribution in [0.15, 0.2) is 24.3 Å². The maximum atomic E-state index is 12.4. The molecule has 1 aliphatic rings. The van der Waals surface area contributed by atoms with Gasteiger partial charge in [-0.05, 0) is 49.9 Å². The predicted octanol–water partition coefficient (Wildman–Crippen LogP) is 3.78. The number of halogens is 4. The van der Waals surface area contributed by atoms with Crippen molar-refractivity contribution in [3.8, 4) is 5.75 Å².